The number of furan rings is 1. The van der Waals surface area contributed by atoms with Gasteiger partial charge in [-0.05, 0) is 43.2 Å². The summed E-state index contributed by atoms with van der Waals surface area (Å²) in [4.78, 5) is 0.136. The lowest BCUT2D eigenvalue weighted by Crippen LogP contribution is -2.15. The second-order valence-electron chi connectivity index (χ2n) is 4.65. The molecule has 2 aromatic rings. The fraction of sp³-hybridized carbons (Fsp3) is 0.286. The first kappa shape index (κ1) is 14.6. The van der Waals surface area contributed by atoms with Gasteiger partial charge in [0.25, 0.3) is 0 Å². The number of aryl methyl sites for hydroxylation is 1. The fourth-order valence-corrected chi connectivity index (χ4v) is 2.87. The van der Waals surface area contributed by atoms with Gasteiger partial charge in [0.05, 0.1) is 17.2 Å². The molecule has 20 heavy (non-hydrogen) atoms. The van der Waals surface area contributed by atoms with Crippen LogP contribution in [0, 0.1) is 6.92 Å². The number of rotatable bonds is 5. The Bertz CT molecular complexity index is 678. The van der Waals surface area contributed by atoms with Gasteiger partial charge in [0.1, 0.15) is 5.76 Å². The predicted octanol–water partition coefficient (Wildman–Crippen LogP) is 2.80. The molecule has 1 aromatic carbocycles. The van der Waals surface area contributed by atoms with Crippen molar-refractivity contribution in [1.29, 1.82) is 0 Å². The molecular weight excluding hydrogens is 276 g/mol. The molecular formula is C14H18N2O3S. The van der Waals surface area contributed by atoms with Crippen molar-refractivity contribution in [1.82, 2.24) is 0 Å². The number of sulfonamides is 1. The molecule has 5 nitrogen and oxygen atoms in total. The van der Waals surface area contributed by atoms with Gasteiger partial charge >= 0.3 is 0 Å². The van der Waals surface area contributed by atoms with E-state index in [1.807, 2.05) is 25.1 Å². The first-order chi connectivity index (χ1) is 9.41. The van der Waals surface area contributed by atoms with Crippen LogP contribution in [0.1, 0.15) is 30.7 Å². The van der Waals surface area contributed by atoms with Crippen molar-refractivity contribution < 1.29 is 12.8 Å². The van der Waals surface area contributed by atoms with Crippen LogP contribution in [0.2, 0.25) is 0 Å². The summed E-state index contributed by atoms with van der Waals surface area (Å²) in [5.74, 6) is 0.810. The van der Waals surface area contributed by atoms with Crippen LogP contribution in [0.3, 0.4) is 0 Å². The molecule has 0 fully saturated rings. The molecule has 108 valence electrons. The fourth-order valence-electron chi connectivity index (χ4n) is 2.06. The van der Waals surface area contributed by atoms with Crippen molar-refractivity contribution in [3.8, 4) is 0 Å². The smallest absolute Gasteiger partial charge is 0.238 e. The van der Waals surface area contributed by atoms with Gasteiger partial charge in [-0.15, -0.1) is 0 Å². The van der Waals surface area contributed by atoms with Crippen LogP contribution in [0.4, 0.5) is 5.69 Å². The Hall–Kier alpha value is -1.79. The molecule has 0 spiro atoms. The molecule has 1 aromatic heterocycles. The van der Waals surface area contributed by atoms with E-state index in [4.69, 9.17) is 9.56 Å². The zero-order valence-electron chi connectivity index (χ0n) is 11.5. The summed E-state index contributed by atoms with van der Waals surface area (Å²) < 4.78 is 28.4. The average molecular weight is 294 g/mol. The molecule has 0 aliphatic carbocycles. The molecule has 0 radical (unpaired) electrons. The molecule has 0 aliphatic heterocycles. The topological polar surface area (TPSA) is 85.3 Å². The highest BCUT2D eigenvalue weighted by Gasteiger charge is 2.15. The molecule has 1 heterocycles. The van der Waals surface area contributed by atoms with Gasteiger partial charge in [0.15, 0.2) is 0 Å². The second-order valence-corrected chi connectivity index (χ2v) is 6.18. The molecule has 0 amide bonds. The van der Waals surface area contributed by atoms with Crippen LogP contribution < -0.4 is 10.5 Å². The first-order valence-corrected chi connectivity index (χ1v) is 7.90. The quantitative estimate of drug-likeness (QED) is 0.888. The molecule has 3 N–H and O–H groups in total. The number of hydrogen-bond acceptors (Lipinski definition) is 4. The summed E-state index contributed by atoms with van der Waals surface area (Å²) in [6, 6.07) is 8.81. The van der Waals surface area contributed by atoms with E-state index in [1.54, 1.807) is 25.3 Å². The first-order valence-electron chi connectivity index (χ1n) is 6.35. The highest BCUT2D eigenvalue weighted by molar-refractivity contribution is 7.89. The van der Waals surface area contributed by atoms with Gasteiger partial charge in [-0.3, -0.25) is 0 Å². The van der Waals surface area contributed by atoms with Gasteiger partial charge in [-0.25, -0.2) is 13.6 Å². The van der Waals surface area contributed by atoms with Crippen molar-refractivity contribution in [2.45, 2.75) is 31.2 Å². The largest absolute Gasteiger partial charge is 0.467 e. The Balaban J connectivity index is 2.30. The average Bonchev–Trinajstić information content (AvgIpc) is 2.90. The van der Waals surface area contributed by atoms with E-state index >= 15 is 0 Å². The van der Waals surface area contributed by atoms with Crippen LogP contribution >= 0.6 is 0 Å². The highest BCUT2D eigenvalue weighted by atomic mass is 32.2. The maximum absolute atomic E-state index is 11.5. The maximum Gasteiger partial charge on any atom is 0.238 e. The summed E-state index contributed by atoms with van der Waals surface area (Å²) in [5.41, 5.74) is 1.33. The standard InChI is InChI=1S/C14H18N2O3S/c1-3-12(13-5-4-8-19-13)16-11-7-6-10(2)14(9-11)20(15,17)18/h4-9,12,16H,3H2,1-2H3,(H2,15,17,18). The van der Waals surface area contributed by atoms with E-state index in [9.17, 15) is 8.42 Å². The molecule has 0 saturated heterocycles. The molecule has 0 bridgehead atoms. The number of primary sulfonamides is 1. The molecule has 1 unspecified atom stereocenters. The van der Waals surface area contributed by atoms with Gasteiger partial charge in [-0.1, -0.05) is 13.0 Å². The minimum Gasteiger partial charge on any atom is -0.467 e. The van der Waals surface area contributed by atoms with Crippen LogP contribution in [0.25, 0.3) is 0 Å². The van der Waals surface area contributed by atoms with Crippen molar-refractivity contribution in [2.75, 3.05) is 5.32 Å². The monoisotopic (exact) mass is 294 g/mol. The van der Waals surface area contributed by atoms with Crippen molar-refractivity contribution >= 4 is 15.7 Å². The Labute approximate surface area is 118 Å². The van der Waals surface area contributed by atoms with Gasteiger partial charge in [0.2, 0.25) is 10.0 Å². The SMILES string of the molecule is CCC(Nc1ccc(C)c(S(N)(=O)=O)c1)c1ccco1. The summed E-state index contributed by atoms with van der Waals surface area (Å²) in [6.07, 6.45) is 2.43. The number of benzene rings is 1. The van der Waals surface area contributed by atoms with E-state index in [0.717, 1.165) is 12.2 Å². The Morgan fingerprint density at radius 2 is 2.10 bits per heavy atom. The van der Waals surface area contributed by atoms with Crippen LogP contribution in [0.5, 0.6) is 0 Å². The van der Waals surface area contributed by atoms with Crippen molar-refractivity contribution in [3.05, 3.63) is 47.9 Å². The molecule has 2 rings (SSSR count). The zero-order chi connectivity index (χ0) is 14.8. The molecule has 0 saturated carbocycles. The minimum absolute atomic E-state index is 0.0129. The van der Waals surface area contributed by atoms with Gasteiger partial charge in [-0.2, -0.15) is 0 Å². The second kappa shape index (κ2) is 5.68. The lowest BCUT2D eigenvalue weighted by Gasteiger charge is -2.17. The van der Waals surface area contributed by atoms with E-state index in [1.165, 1.54) is 0 Å². The highest BCUT2D eigenvalue weighted by Crippen LogP contribution is 2.25. The predicted molar refractivity (Wildman–Crippen MR) is 77.9 cm³/mol. The summed E-state index contributed by atoms with van der Waals surface area (Å²) in [5, 5.41) is 8.47. The third-order valence-electron chi connectivity index (χ3n) is 3.13. The van der Waals surface area contributed by atoms with Crippen molar-refractivity contribution in [2.24, 2.45) is 5.14 Å². The van der Waals surface area contributed by atoms with Crippen molar-refractivity contribution in [3.63, 3.8) is 0 Å². The third-order valence-corrected chi connectivity index (χ3v) is 4.18. The minimum atomic E-state index is -3.72. The van der Waals surface area contributed by atoms with Crippen LogP contribution in [-0.4, -0.2) is 8.42 Å². The number of nitrogens with one attached hydrogen (secondary N) is 1. The maximum atomic E-state index is 11.5. The molecule has 1 atom stereocenters. The van der Waals surface area contributed by atoms with Gasteiger partial charge < -0.3 is 9.73 Å². The Kier molecular flexibility index (Phi) is 4.15. The molecule has 6 heteroatoms. The third kappa shape index (κ3) is 3.20. The normalized spacial score (nSPS) is 13.2. The van der Waals surface area contributed by atoms with Crippen LogP contribution in [-0.2, 0) is 10.0 Å². The molecule has 0 aliphatic rings. The van der Waals surface area contributed by atoms with E-state index in [-0.39, 0.29) is 10.9 Å². The summed E-state index contributed by atoms with van der Waals surface area (Å²) in [6.45, 7) is 3.74. The summed E-state index contributed by atoms with van der Waals surface area (Å²) in [7, 11) is -3.72. The lowest BCUT2D eigenvalue weighted by molar-refractivity contribution is 0.474. The Morgan fingerprint density at radius 3 is 2.65 bits per heavy atom. The Morgan fingerprint density at radius 1 is 1.35 bits per heavy atom. The van der Waals surface area contributed by atoms with E-state index in [0.29, 0.717) is 11.3 Å². The number of hydrogen-bond donors (Lipinski definition) is 2. The number of anilines is 1. The number of nitrogens with two attached hydrogens (primary N) is 1. The van der Waals surface area contributed by atoms with Gasteiger partial charge in [0, 0.05) is 5.69 Å². The zero-order valence-corrected chi connectivity index (χ0v) is 12.3. The van der Waals surface area contributed by atoms with E-state index in [2.05, 4.69) is 5.32 Å². The summed E-state index contributed by atoms with van der Waals surface area (Å²) >= 11 is 0. The van der Waals surface area contributed by atoms with Crippen LogP contribution in [0.15, 0.2) is 45.9 Å². The lowest BCUT2D eigenvalue weighted by atomic mass is 10.1. The van der Waals surface area contributed by atoms with E-state index < -0.39 is 10.0 Å².